The fourth-order valence-electron chi connectivity index (χ4n) is 2.68. The Morgan fingerprint density at radius 1 is 1.17 bits per heavy atom. The van der Waals surface area contributed by atoms with Gasteiger partial charge >= 0.3 is 0 Å². The molecule has 2 N–H and O–H groups in total. The van der Waals surface area contributed by atoms with E-state index in [1.54, 1.807) is 45.0 Å². The second-order valence-corrected chi connectivity index (χ2v) is 10.2. The van der Waals surface area contributed by atoms with Gasteiger partial charge in [0, 0.05) is 22.7 Å². The van der Waals surface area contributed by atoms with E-state index in [2.05, 4.69) is 10.0 Å². The molecule has 0 radical (unpaired) electrons. The number of rotatable bonds is 4. The summed E-state index contributed by atoms with van der Waals surface area (Å²) >= 11 is 5.92. The van der Waals surface area contributed by atoms with Crippen molar-refractivity contribution in [2.75, 3.05) is 5.32 Å². The number of carbonyl (C=O) groups excluding carboxylic acids is 1. The first-order chi connectivity index (χ1) is 11.1. The number of anilines is 1. The molecule has 0 saturated heterocycles. The van der Waals surface area contributed by atoms with Crippen LogP contribution in [0.5, 0.6) is 0 Å². The molecule has 5 nitrogen and oxygen atoms in total. The van der Waals surface area contributed by atoms with Crippen LogP contribution in [0.15, 0.2) is 24.3 Å². The molecule has 2 rings (SSSR count). The van der Waals surface area contributed by atoms with E-state index in [-0.39, 0.29) is 17.9 Å². The normalized spacial score (nSPS) is 22.2. The first kappa shape index (κ1) is 19.2. The first-order valence-corrected chi connectivity index (χ1v) is 10.0. The number of halogens is 1. The van der Waals surface area contributed by atoms with Crippen LogP contribution in [0, 0.1) is 5.92 Å². The van der Waals surface area contributed by atoms with Crippen LogP contribution in [0.25, 0.3) is 0 Å². The van der Waals surface area contributed by atoms with Gasteiger partial charge in [0.1, 0.15) is 0 Å². The Morgan fingerprint density at radius 2 is 1.79 bits per heavy atom. The van der Waals surface area contributed by atoms with Crippen molar-refractivity contribution in [2.24, 2.45) is 5.92 Å². The molecule has 0 bridgehead atoms. The standard InChI is InChI=1S/C17H25ClN2O3S/c1-17(2,3)24(22,23)20-14-9-7-12(8-10-14)16(21)19-15-6-4-5-13(18)11-15/h4-6,11-12,14,20H,7-10H2,1-3H3,(H,19,21)/t12-,14-. The molecule has 1 aliphatic carbocycles. The van der Waals surface area contributed by atoms with Gasteiger partial charge in [-0.05, 0) is 64.7 Å². The van der Waals surface area contributed by atoms with Crippen molar-refractivity contribution in [1.82, 2.24) is 4.72 Å². The maximum absolute atomic E-state index is 12.3. The SMILES string of the molecule is CC(C)(C)S(=O)(=O)N[C@H]1CC[C@H](C(=O)Nc2cccc(Cl)c2)CC1. The van der Waals surface area contributed by atoms with Crippen LogP contribution in [0.1, 0.15) is 46.5 Å². The van der Waals surface area contributed by atoms with Gasteiger partial charge in [-0.2, -0.15) is 0 Å². The topological polar surface area (TPSA) is 75.3 Å². The van der Waals surface area contributed by atoms with Crippen LogP contribution in [0.4, 0.5) is 5.69 Å². The van der Waals surface area contributed by atoms with Crippen molar-refractivity contribution >= 4 is 33.2 Å². The van der Waals surface area contributed by atoms with Crippen molar-refractivity contribution in [2.45, 2.75) is 57.2 Å². The summed E-state index contributed by atoms with van der Waals surface area (Å²) < 4.78 is 26.4. The summed E-state index contributed by atoms with van der Waals surface area (Å²) in [6.45, 7) is 5.04. The Hall–Kier alpha value is -1.11. The molecule has 1 aromatic rings. The maximum atomic E-state index is 12.3. The van der Waals surface area contributed by atoms with Crippen LogP contribution < -0.4 is 10.0 Å². The molecule has 134 valence electrons. The molecule has 1 saturated carbocycles. The summed E-state index contributed by atoms with van der Waals surface area (Å²) in [7, 11) is -3.35. The van der Waals surface area contributed by atoms with E-state index in [1.807, 2.05) is 0 Å². The maximum Gasteiger partial charge on any atom is 0.227 e. The lowest BCUT2D eigenvalue weighted by Crippen LogP contribution is -2.46. The zero-order chi connectivity index (χ0) is 18.0. The van der Waals surface area contributed by atoms with Crippen molar-refractivity contribution < 1.29 is 13.2 Å². The second-order valence-electron chi connectivity index (χ2n) is 7.28. The van der Waals surface area contributed by atoms with E-state index in [0.717, 1.165) is 0 Å². The number of sulfonamides is 1. The van der Waals surface area contributed by atoms with Gasteiger partial charge in [0.05, 0.1) is 4.75 Å². The van der Waals surface area contributed by atoms with Gasteiger partial charge in [0.2, 0.25) is 15.9 Å². The van der Waals surface area contributed by atoms with E-state index in [4.69, 9.17) is 11.6 Å². The average molecular weight is 373 g/mol. The number of carbonyl (C=O) groups is 1. The molecule has 0 unspecified atom stereocenters. The van der Waals surface area contributed by atoms with Crippen molar-refractivity contribution in [3.63, 3.8) is 0 Å². The predicted octanol–water partition coefficient (Wildman–Crippen LogP) is 3.56. The van der Waals surface area contributed by atoms with Crippen molar-refractivity contribution in [3.8, 4) is 0 Å². The fraction of sp³-hybridized carbons (Fsp3) is 0.588. The molecule has 1 aromatic carbocycles. The Balaban J connectivity index is 1.87. The molecular weight excluding hydrogens is 348 g/mol. The smallest absolute Gasteiger partial charge is 0.227 e. The van der Waals surface area contributed by atoms with E-state index in [1.165, 1.54) is 0 Å². The minimum Gasteiger partial charge on any atom is -0.326 e. The quantitative estimate of drug-likeness (QED) is 0.848. The van der Waals surface area contributed by atoms with Gasteiger partial charge in [0.25, 0.3) is 0 Å². The van der Waals surface area contributed by atoms with Crippen LogP contribution in [0.2, 0.25) is 5.02 Å². The molecule has 7 heteroatoms. The lowest BCUT2D eigenvalue weighted by atomic mass is 9.86. The van der Waals surface area contributed by atoms with Gasteiger partial charge in [-0.3, -0.25) is 4.79 Å². The van der Waals surface area contributed by atoms with Gasteiger partial charge < -0.3 is 5.32 Å². The third-order valence-corrected chi connectivity index (χ3v) is 6.81. The summed E-state index contributed by atoms with van der Waals surface area (Å²) in [6.07, 6.45) is 2.68. The molecule has 1 fully saturated rings. The molecule has 24 heavy (non-hydrogen) atoms. The lowest BCUT2D eigenvalue weighted by Gasteiger charge is -2.30. The number of hydrogen-bond acceptors (Lipinski definition) is 3. The summed E-state index contributed by atoms with van der Waals surface area (Å²) in [6, 6.07) is 6.96. The minimum atomic E-state index is -3.35. The van der Waals surface area contributed by atoms with Crippen LogP contribution >= 0.6 is 11.6 Å². The number of amides is 1. The Morgan fingerprint density at radius 3 is 2.33 bits per heavy atom. The largest absolute Gasteiger partial charge is 0.326 e. The van der Waals surface area contributed by atoms with Gasteiger partial charge in [-0.25, -0.2) is 13.1 Å². The minimum absolute atomic E-state index is 0.0330. The third kappa shape index (κ3) is 4.94. The molecule has 0 atom stereocenters. The lowest BCUT2D eigenvalue weighted by molar-refractivity contribution is -0.120. The zero-order valence-electron chi connectivity index (χ0n) is 14.3. The summed E-state index contributed by atoms with van der Waals surface area (Å²) in [5.41, 5.74) is 0.683. The highest BCUT2D eigenvalue weighted by Crippen LogP contribution is 2.27. The average Bonchev–Trinajstić information content (AvgIpc) is 2.46. The van der Waals surface area contributed by atoms with Crippen molar-refractivity contribution in [1.29, 1.82) is 0 Å². The summed E-state index contributed by atoms with van der Waals surface area (Å²) in [5, 5.41) is 3.45. The molecule has 1 aliphatic rings. The zero-order valence-corrected chi connectivity index (χ0v) is 15.9. The van der Waals surface area contributed by atoms with Gasteiger partial charge in [0.15, 0.2) is 0 Å². The number of hydrogen-bond donors (Lipinski definition) is 2. The highest BCUT2D eigenvalue weighted by Gasteiger charge is 2.34. The van der Waals surface area contributed by atoms with Crippen LogP contribution in [-0.2, 0) is 14.8 Å². The Bertz CT molecular complexity index is 690. The first-order valence-electron chi connectivity index (χ1n) is 8.17. The Kier molecular flexibility index (Phi) is 5.94. The highest BCUT2D eigenvalue weighted by atomic mass is 35.5. The molecule has 0 spiro atoms. The van der Waals surface area contributed by atoms with Gasteiger partial charge in [-0.15, -0.1) is 0 Å². The third-order valence-electron chi connectivity index (χ3n) is 4.32. The van der Waals surface area contributed by atoms with Gasteiger partial charge in [-0.1, -0.05) is 17.7 Å². The highest BCUT2D eigenvalue weighted by molar-refractivity contribution is 7.90. The van der Waals surface area contributed by atoms with E-state index in [9.17, 15) is 13.2 Å². The summed E-state index contributed by atoms with van der Waals surface area (Å²) in [5.74, 6) is -0.131. The van der Waals surface area contributed by atoms with Crippen LogP contribution in [-0.4, -0.2) is 25.1 Å². The monoisotopic (exact) mass is 372 g/mol. The molecular formula is C17H25ClN2O3S. The van der Waals surface area contributed by atoms with Crippen LogP contribution in [0.3, 0.4) is 0 Å². The Labute approximate surface area is 149 Å². The number of benzene rings is 1. The molecule has 0 aromatic heterocycles. The molecule has 1 amide bonds. The van der Waals surface area contributed by atoms with Crippen molar-refractivity contribution in [3.05, 3.63) is 29.3 Å². The van der Waals surface area contributed by atoms with E-state index < -0.39 is 14.8 Å². The summed E-state index contributed by atoms with van der Waals surface area (Å²) in [4.78, 5) is 12.3. The second kappa shape index (κ2) is 7.42. The molecule has 0 heterocycles. The predicted molar refractivity (Wildman–Crippen MR) is 97.6 cm³/mol. The number of nitrogens with one attached hydrogen (secondary N) is 2. The fourth-order valence-corrected chi connectivity index (χ4v) is 3.90. The van der Waals surface area contributed by atoms with E-state index >= 15 is 0 Å². The van der Waals surface area contributed by atoms with E-state index in [0.29, 0.717) is 36.4 Å². The molecule has 0 aliphatic heterocycles.